The maximum Gasteiger partial charge on any atom is 0.306 e. The van der Waals surface area contributed by atoms with Gasteiger partial charge in [0.05, 0.1) is 18.9 Å². The number of unbranched alkanes of at least 4 members (excludes halogenated alkanes) is 5. The van der Waals surface area contributed by atoms with Crippen LogP contribution in [0.25, 0.3) is 0 Å². The van der Waals surface area contributed by atoms with E-state index in [0.717, 1.165) is 38.7 Å². The van der Waals surface area contributed by atoms with E-state index in [4.69, 9.17) is 14.6 Å². The number of carboxylic acid groups (broad SMARTS) is 1. The summed E-state index contributed by atoms with van der Waals surface area (Å²) in [6.45, 7) is 2.92. The third-order valence-corrected chi connectivity index (χ3v) is 4.05. The van der Waals surface area contributed by atoms with E-state index in [1.807, 2.05) is 0 Å². The summed E-state index contributed by atoms with van der Waals surface area (Å²) < 4.78 is 11.1. The van der Waals surface area contributed by atoms with Gasteiger partial charge < -0.3 is 14.6 Å². The van der Waals surface area contributed by atoms with Crippen LogP contribution in [-0.4, -0.2) is 35.9 Å². The second-order valence-corrected chi connectivity index (χ2v) is 6.03. The SMILES string of the molecule is CCCCCCCCC(OC(=O)CCC(=O)O)C1CCCO1. The first-order valence-electron chi connectivity index (χ1n) is 8.66. The maximum atomic E-state index is 11.7. The molecule has 0 amide bonds. The number of ether oxygens (including phenoxy) is 2. The van der Waals surface area contributed by atoms with Gasteiger partial charge in [0.2, 0.25) is 0 Å². The average molecular weight is 314 g/mol. The quantitative estimate of drug-likeness (QED) is 0.439. The molecule has 22 heavy (non-hydrogen) atoms. The van der Waals surface area contributed by atoms with Crippen molar-refractivity contribution in [2.24, 2.45) is 0 Å². The van der Waals surface area contributed by atoms with Gasteiger partial charge >= 0.3 is 11.9 Å². The molecule has 1 aliphatic heterocycles. The molecular weight excluding hydrogens is 284 g/mol. The van der Waals surface area contributed by atoms with Crippen molar-refractivity contribution in [3.05, 3.63) is 0 Å². The first-order valence-corrected chi connectivity index (χ1v) is 8.66. The maximum absolute atomic E-state index is 11.7. The van der Waals surface area contributed by atoms with Gasteiger partial charge in [0.1, 0.15) is 6.10 Å². The lowest BCUT2D eigenvalue weighted by Gasteiger charge is -2.23. The predicted molar refractivity (Wildman–Crippen MR) is 83.7 cm³/mol. The molecule has 0 bridgehead atoms. The van der Waals surface area contributed by atoms with Gasteiger partial charge in [-0.3, -0.25) is 9.59 Å². The molecular formula is C17H30O5. The minimum absolute atomic E-state index is 0.00980. The molecule has 128 valence electrons. The van der Waals surface area contributed by atoms with Crippen molar-refractivity contribution in [2.75, 3.05) is 6.61 Å². The lowest BCUT2D eigenvalue weighted by atomic mass is 10.0. The number of aliphatic carboxylic acids is 1. The number of esters is 1. The molecule has 0 radical (unpaired) electrons. The molecule has 0 aromatic rings. The monoisotopic (exact) mass is 314 g/mol. The summed E-state index contributed by atoms with van der Waals surface area (Å²) in [4.78, 5) is 22.3. The summed E-state index contributed by atoms with van der Waals surface area (Å²) in [5, 5.41) is 8.62. The first-order chi connectivity index (χ1) is 10.6. The van der Waals surface area contributed by atoms with Crippen LogP contribution in [-0.2, 0) is 19.1 Å². The molecule has 0 aromatic heterocycles. The molecule has 5 nitrogen and oxygen atoms in total. The highest BCUT2D eigenvalue weighted by atomic mass is 16.6. The van der Waals surface area contributed by atoms with Crippen molar-refractivity contribution in [2.45, 2.75) is 89.8 Å². The molecule has 2 atom stereocenters. The Kier molecular flexibility index (Phi) is 9.87. The van der Waals surface area contributed by atoms with Crippen LogP contribution in [0.5, 0.6) is 0 Å². The zero-order chi connectivity index (χ0) is 16.2. The second kappa shape index (κ2) is 11.5. The molecule has 5 heteroatoms. The molecule has 1 N–H and O–H groups in total. The minimum atomic E-state index is -0.971. The van der Waals surface area contributed by atoms with Gasteiger partial charge in [-0.2, -0.15) is 0 Å². The largest absolute Gasteiger partial charge is 0.481 e. The molecule has 2 unspecified atom stereocenters. The van der Waals surface area contributed by atoms with Crippen LogP contribution in [0.4, 0.5) is 0 Å². The van der Waals surface area contributed by atoms with E-state index < -0.39 is 11.9 Å². The summed E-state index contributed by atoms with van der Waals surface area (Å²) in [6.07, 6.45) is 9.46. The average Bonchev–Trinajstić information content (AvgIpc) is 3.01. The van der Waals surface area contributed by atoms with Crippen molar-refractivity contribution in [3.8, 4) is 0 Å². The third kappa shape index (κ3) is 8.37. The number of carboxylic acids is 1. The standard InChI is InChI=1S/C17H30O5/c1-2-3-4-5-6-7-9-15(14-10-8-13-21-14)22-17(20)12-11-16(18)19/h14-15H,2-13H2,1H3,(H,18,19). The summed E-state index contributed by atoms with van der Waals surface area (Å²) >= 11 is 0. The van der Waals surface area contributed by atoms with E-state index in [2.05, 4.69) is 6.92 Å². The molecule has 0 spiro atoms. The molecule has 1 aliphatic rings. The van der Waals surface area contributed by atoms with E-state index in [0.29, 0.717) is 0 Å². The zero-order valence-corrected chi connectivity index (χ0v) is 13.7. The van der Waals surface area contributed by atoms with Crippen molar-refractivity contribution in [3.63, 3.8) is 0 Å². The normalized spacial score (nSPS) is 19.0. The molecule has 0 aliphatic carbocycles. The fraction of sp³-hybridized carbons (Fsp3) is 0.882. The predicted octanol–water partition coefficient (Wildman–Crippen LogP) is 3.69. The number of hydrogen-bond donors (Lipinski definition) is 1. The summed E-state index contributed by atoms with van der Waals surface area (Å²) in [5.41, 5.74) is 0. The van der Waals surface area contributed by atoms with E-state index in [9.17, 15) is 9.59 Å². The number of carbonyl (C=O) groups excluding carboxylic acids is 1. The van der Waals surface area contributed by atoms with Crippen LogP contribution in [0.15, 0.2) is 0 Å². The number of hydrogen-bond acceptors (Lipinski definition) is 4. The van der Waals surface area contributed by atoms with Gasteiger partial charge in [-0.15, -0.1) is 0 Å². The first kappa shape index (κ1) is 18.9. The minimum Gasteiger partial charge on any atom is -0.481 e. The highest BCUT2D eigenvalue weighted by molar-refractivity contribution is 5.76. The smallest absolute Gasteiger partial charge is 0.306 e. The van der Waals surface area contributed by atoms with Crippen LogP contribution < -0.4 is 0 Å². The third-order valence-electron chi connectivity index (χ3n) is 4.05. The van der Waals surface area contributed by atoms with Crippen molar-refractivity contribution >= 4 is 11.9 Å². The van der Waals surface area contributed by atoms with E-state index in [1.54, 1.807) is 0 Å². The molecule has 1 saturated heterocycles. The van der Waals surface area contributed by atoms with Crippen LogP contribution in [0.3, 0.4) is 0 Å². The number of carbonyl (C=O) groups is 2. The van der Waals surface area contributed by atoms with Gasteiger partial charge in [0.15, 0.2) is 0 Å². The molecule has 0 aromatic carbocycles. The highest BCUT2D eigenvalue weighted by Gasteiger charge is 2.28. The second-order valence-electron chi connectivity index (χ2n) is 6.03. The Balaban J connectivity index is 2.29. The lowest BCUT2D eigenvalue weighted by molar-refractivity contribution is -0.158. The molecule has 0 saturated carbocycles. The fourth-order valence-corrected chi connectivity index (χ4v) is 2.78. The van der Waals surface area contributed by atoms with Crippen LogP contribution >= 0.6 is 0 Å². The van der Waals surface area contributed by atoms with Crippen LogP contribution in [0.2, 0.25) is 0 Å². The van der Waals surface area contributed by atoms with E-state index in [1.165, 1.54) is 25.7 Å². The van der Waals surface area contributed by atoms with E-state index >= 15 is 0 Å². The van der Waals surface area contributed by atoms with Crippen LogP contribution in [0.1, 0.15) is 77.6 Å². The summed E-state index contributed by atoms with van der Waals surface area (Å²) in [7, 11) is 0. The topological polar surface area (TPSA) is 72.8 Å². The molecule has 1 fully saturated rings. The number of rotatable bonds is 12. The van der Waals surface area contributed by atoms with E-state index in [-0.39, 0.29) is 25.0 Å². The highest BCUT2D eigenvalue weighted by Crippen LogP contribution is 2.23. The van der Waals surface area contributed by atoms with Gasteiger partial charge in [-0.05, 0) is 25.7 Å². The van der Waals surface area contributed by atoms with Gasteiger partial charge in [-0.25, -0.2) is 0 Å². The summed E-state index contributed by atoms with van der Waals surface area (Å²) in [6, 6.07) is 0. The zero-order valence-electron chi connectivity index (χ0n) is 13.7. The Morgan fingerprint density at radius 2 is 1.91 bits per heavy atom. The Labute approximate surface area is 133 Å². The Morgan fingerprint density at radius 3 is 2.55 bits per heavy atom. The van der Waals surface area contributed by atoms with Gasteiger partial charge in [0.25, 0.3) is 0 Å². The van der Waals surface area contributed by atoms with Gasteiger partial charge in [-0.1, -0.05) is 39.0 Å². The van der Waals surface area contributed by atoms with Gasteiger partial charge in [0, 0.05) is 6.61 Å². The molecule has 1 rings (SSSR count). The molecule has 1 heterocycles. The Hall–Kier alpha value is -1.10. The Bertz CT molecular complexity index is 323. The van der Waals surface area contributed by atoms with Crippen molar-refractivity contribution in [1.82, 2.24) is 0 Å². The van der Waals surface area contributed by atoms with Crippen LogP contribution in [0, 0.1) is 0 Å². The summed E-state index contributed by atoms with van der Waals surface area (Å²) in [5.74, 6) is -1.39. The Morgan fingerprint density at radius 1 is 1.18 bits per heavy atom. The van der Waals surface area contributed by atoms with Crippen molar-refractivity contribution < 1.29 is 24.2 Å². The fourth-order valence-electron chi connectivity index (χ4n) is 2.78. The lowest BCUT2D eigenvalue weighted by Crippen LogP contribution is -2.31. The van der Waals surface area contributed by atoms with Crippen molar-refractivity contribution in [1.29, 1.82) is 0 Å².